The minimum atomic E-state index is -0.942. The fourth-order valence-corrected chi connectivity index (χ4v) is 5.41. The lowest BCUT2D eigenvalue weighted by molar-refractivity contribution is -0.132. The first-order valence-corrected chi connectivity index (χ1v) is 12.0. The first-order chi connectivity index (χ1) is 16.8. The van der Waals surface area contributed by atoms with Crippen LogP contribution in [0.2, 0.25) is 10.0 Å². The molecular formula is C25H17Cl2N3O4S. The van der Waals surface area contributed by atoms with Gasteiger partial charge in [0.2, 0.25) is 0 Å². The number of Topliss-reactive ketones (excluding diaryl/α,β-unsaturated/α-hetero) is 1. The summed E-state index contributed by atoms with van der Waals surface area (Å²) in [5, 5.41) is 12.5. The fourth-order valence-electron chi connectivity index (χ4n) is 3.99. The van der Waals surface area contributed by atoms with Gasteiger partial charge in [-0.25, -0.2) is 4.98 Å². The quantitative estimate of drug-likeness (QED) is 0.201. The number of aromatic nitrogens is 2. The summed E-state index contributed by atoms with van der Waals surface area (Å²) in [6.45, 7) is 1.88. The third kappa shape index (κ3) is 3.93. The number of nitrogens with zero attached hydrogens (tertiary/aromatic N) is 3. The maximum atomic E-state index is 13.3. The molecule has 176 valence electrons. The molecule has 1 fully saturated rings. The van der Waals surface area contributed by atoms with Gasteiger partial charge in [0, 0.05) is 23.0 Å². The van der Waals surface area contributed by atoms with Crippen molar-refractivity contribution < 1.29 is 19.4 Å². The van der Waals surface area contributed by atoms with Gasteiger partial charge in [-0.3, -0.25) is 19.5 Å². The van der Waals surface area contributed by atoms with E-state index in [1.807, 2.05) is 13.0 Å². The second-order valence-electron chi connectivity index (χ2n) is 7.87. The number of aliphatic hydroxyl groups is 1. The summed E-state index contributed by atoms with van der Waals surface area (Å²) < 4.78 is 6.06. The Bertz CT molecular complexity index is 1500. The predicted molar refractivity (Wildman–Crippen MR) is 136 cm³/mol. The van der Waals surface area contributed by atoms with Gasteiger partial charge in [-0.15, -0.1) is 0 Å². The first-order valence-electron chi connectivity index (χ1n) is 10.4. The molecule has 2 aromatic heterocycles. The number of anilines is 1. The number of aliphatic hydroxyl groups excluding tert-OH is 1. The summed E-state index contributed by atoms with van der Waals surface area (Å²) in [6, 6.07) is 10.7. The van der Waals surface area contributed by atoms with Gasteiger partial charge < -0.3 is 9.84 Å². The lowest BCUT2D eigenvalue weighted by Crippen LogP contribution is -2.29. The van der Waals surface area contributed by atoms with Crippen molar-refractivity contribution >= 4 is 67.3 Å². The van der Waals surface area contributed by atoms with Crippen LogP contribution >= 0.6 is 34.5 Å². The van der Waals surface area contributed by atoms with E-state index in [0.29, 0.717) is 32.0 Å². The maximum absolute atomic E-state index is 13.3. The van der Waals surface area contributed by atoms with Crippen LogP contribution < -0.4 is 9.64 Å². The topological polar surface area (TPSA) is 92.6 Å². The van der Waals surface area contributed by atoms with Gasteiger partial charge in [0.25, 0.3) is 5.78 Å². The van der Waals surface area contributed by atoms with E-state index < -0.39 is 17.7 Å². The largest absolute Gasteiger partial charge is 0.507 e. The highest BCUT2D eigenvalue weighted by molar-refractivity contribution is 7.22. The zero-order valence-electron chi connectivity index (χ0n) is 18.5. The van der Waals surface area contributed by atoms with Crippen molar-refractivity contribution in [3.05, 3.63) is 87.2 Å². The van der Waals surface area contributed by atoms with Crippen LogP contribution in [0.4, 0.5) is 5.13 Å². The van der Waals surface area contributed by atoms with Gasteiger partial charge >= 0.3 is 5.91 Å². The summed E-state index contributed by atoms with van der Waals surface area (Å²) in [5.41, 5.74) is 2.22. The summed E-state index contributed by atoms with van der Waals surface area (Å²) >= 11 is 13.6. The second kappa shape index (κ2) is 8.96. The normalized spacial score (nSPS) is 17.4. The van der Waals surface area contributed by atoms with E-state index in [4.69, 9.17) is 27.9 Å². The maximum Gasteiger partial charge on any atom is 0.301 e. The Labute approximate surface area is 214 Å². The van der Waals surface area contributed by atoms with Crippen LogP contribution in [0.25, 0.3) is 16.0 Å². The van der Waals surface area contributed by atoms with E-state index in [-0.39, 0.29) is 16.9 Å². The predicted octanol–water partition coefficient (Wildman–Crippen LogP) is 5.94. The van der Waals surface area contributed by atoms with Crippen LogP contribution in [0.1, 0.15) is 22.7 Å². The van der Waals surface area contributed by atoms with Crippen LogP contribution in [0.5, 0.6) is 5.75 Å². The molecule has 7 nitrogen and oxygen atoms in total. The van der Waals surface area contributed by atoms with Gasteiger partial charge in [0.05, 0.1) is 34.0 Å². The molecule has 0 radical (unpaired) electrons. The molecule has 3 heterocycles. The van der Waals surface area contributed by atoms with Crippen molar-refractivity contribution in [3.8, 4) is 5.75 Å². The number of amides is 1. The lowest BCUT2D eigenvalue weighted by atomic mass is 9.96. The molecule has 4 aromatic rings. The number of halogens is 2. The molecule has 1 amide bonds. The number of thiazole rings is 1. The lowest BCUT2D eigenvalue weighted by Gasteiger charge is -2.22. The molecular weight excluding hydrogens is 509 g/mol. The highest BCUT2D eigenvalue weighted by Gasteiger charge is 2.48. The number of aryl methyl sites for hydroxylation is 1. The Kier molecular flexibility index (Phi) is 5.96. The van der Waals surface area contributed by atoms with Crippen LogP contribution in [-0.2, 0) is 9.59 Å². The van der Waals surface area contributed by atoms with Crippen LogP contribution in [0.3, 0.4) is 0 Å². The standard InChI is InChI=1S/C25H17Cl2N3O4S/c1-12-8-19-17(10-16(12)27)29-25(35-19)30-21(14-4-3-7-28-11-14)20(23(32)24(30)33)22(31)13-5-6-15(26)18(9-13)34-2/h3-11,21,31H,1-2H3/b22-20+. The molecule has 2 aromatic carbocycles. The Morgan fingerprint density at radius 1 is 1.14 bits per heavy atom. The average Bonchev–Trinajstić information content (AvgIpc) is 3.37. The molecule has 1 saturated heterocycles. The van der Waals surface area contributed by atoms with Gasteiger partial charge in [0.1, 0.15) is 11.5 Å². The summed E-state index contributed by atoms with van der Waals surface area (Å²) in [6.07, 6.45) is 3.13. The molecule has 1 aliphatic heterocycles. The number of pyridine rings is 1. The number of ether oxygens (including phenoxy) is 1. The minimum absolute atomic E-state index is 0.0826. The van der Waals surface area contributed by atoms with Crippen molar-refractivity contribution in [1.29, 1.82) is 0 Å². The monoisotopic (exact) mass is 525 g/mol. The van der Waals surface area contributed by atoms with E-state index in [2.05, 4.69) is 9.97 Å². The number of carbonyl (C=O) groups excluding carboxylic acids is 2. The van der Waals surface area contributed by atoms with Crippen molar-refractivity contribution in [2.45, 2.75) is 13.0 Å². The zero-order chi connectivity index (χ0) is 24.9. The number of rotatable bonds is 4. The van der Waals surface area contributed by atoms with Crippen LogP contribution in [-0.4, -0.2) is 33.9 Å². The molecule has 0 aliphatic carbocycles. The van der Waals surface area contributed by atoms with Gasteiger partial charge in [-0.1, -0.05) is 40.6 Å². The average molecular weight is 526 g/mol. The zero-order valence-corrected chi connectivity index (χ0v) is 20.8. The Hall–Kier alpha value is -3.46. The van der Waals surface area contributed by atoms with Crippen molar-refractivity contribution in [2.24, 2.45) is 0 Å². The number of methoxy groups -OCH3 is 1. The Balaban J connectivity index is 1.72. The number of ketones is 1. The van der Waals surface area contributed by atoms with Gasteiger partial charge in [-0.05, 0) is 54.4 Å². The van der Waals surface area contributed by atoms with Gasteiger partial charge in [0.15, 0.2) is 5.13 Å². The molecule has 1 atom stereocenters. The summed E-state index contributed by atoms with van der Waals surface area (Å²) in [4.78, 5) is 36.7. The first kappa shape index (κ1) is 23.3. The summed E-state index contributed by atoms with van der Waals surface area (Å²) in [5.74, 6) is -1.67. The molecule has 0 spiro atoms. The van der Waals surface area contributed by atoms with E-state index >= 15 is 0 Å². The molecule has 1 unspecified atom stereocenters. The number of fused-ring (bicyclic) bond motifs is 1. The molecule has 0 bridgehead atoms. The number of hydrogen-bond donors (Lipinski definition) is 1. The number of carbonyl (C=O) groups is 2. The number of benzene rings is 2. The SMILES string of the molecule is COc1cc(/C(O)=C2\C(=O)C(=O)N(c3nc4cc(Cl)c(C)cc4s3)C2c2cccnc2)ccc1Cl. The molecule has 10 heteroatoms. The highest BCUT2D eigenvalue weighted by Crippen LogP contribution is 2.45. The molecule has 1 N–H and O–H groups in total. The van der Waals surface area contributed by atoms with E-state index in [1.54, 1.807) is 42.7 Å². The third-order valence-corrected chi connectivity index (χ3v) is 7.47. The fraction of sp³-hybridized carbons (Fsp3) is 0.120. The highest BCUT2D eigenvalue weighted by atomic mass is 35.5. The van der Waals surface area contributed by atoms with E-state index in [0.717, 1.165) is 10.3 Å². The number of hydrogen-bond acceptors (Lipinski definition) is 7. The molecule has 0 saturated carbocycles. The van der Waals surface area contributed by atoms with Crippen molar-refractivity contribution in [2.75, 3.05) is 12.0 Å². The third-order valence-electron chi connectivity index (χ3n) is 5.73. The van der Waals surface area contributed by atoms with Crippen LogP contribution in [0.15, 0.2) is 60.4 Å². The minimum Gasteiger partial charge on any atom is -0.507 e. The Morgan fingerprint density at radius 3 is 2.66 bits per heavy atom. The van der Waals surface area contributed by atoms with E-state index in [9.17, 15) is 14.7 Å². The molecule has 5 rings (SSSR count). The van der Waals surface area contributed by atoms with E-state index in [1.165, 1.54) is 29.4 Å². The van der Waals surface area contributed by atoms with Crippen molar-refractivity contribution in [3.63, 3.8) is 0 Å². The molecule has 1 aliphatic rings. The molecule has 35 heavy (non-hydrogen) atoms. The van der Waals surface area contributed by atoms with Gasteiger partial charge in [-0.2, -0.15) is 0 Å². The smallest absolute Gasteiger partial charge is 0.301 e. The summed E-state index contributed by atoms with van der Waals surface area (Å²) in [7, 11) is 1.45. The Morgan fingerprint density at radius 2 is 1.94 bits per heavy atom. The van der Waals surface area contributed by atoms with Crippen LogP contribution in [0, 0.1) is 6.92 Å². The van der Waals surface area contributed by atoms with Crippen molar-refractivity contribution in [1.82, 2.24) is 9.97 Å². The second-order valence-corrected chi connectivity index (χ2v) is 9.69.